The molecule has 0 atom stereocenters. The first-order valence-corrected chi connectivity index (χ1v) is 7.94. The van der Waals surface area contributed by atoms with Crippen molar-refractivity contribution in [2.75, 3.05) is 6.54 Å². The summed E-state index contributed by atoms with van der Waals surface area (Å²) >= 11 is 0. The average Bonchev–Trinajstić information content (AvgIpc) is 3.19. The highest BCUT2D eigenvalue weighted by atomic mass is 16.3. The van der Waals surface area contributed by atoms with Gasteiger partial charge in [0.05, 0.1) is 12.8 Å². The Balaban J connectivity index is 1.39. The number of nitrogens with zero attached hydrogens (tertiary/aromatic N) is 3. The molecule has 0 unspecified atom stereocenters. The summed E-state index contributed by atoms with van der Waals surface area (Å²) < 4.78 is 8.39. The Morgan fingerprint density at radius 1 is 1.35 bits per heavy atom. The Bertz CT molecular complexity index is 701. The highest BCUT2D eigenvalue weighted by Crippen LogP contribution is 2.09. The summed E-state index contributed by atoms with van der Waals surface area (Å²) in [6, 6.07) is 3.32. The monoisotopic (exact) mass is 319 g/mol. The first-order valence-electron chi connectivity index (χ1n) is 7.94. The van der Waals surface area contributed by atoms with Crippen LogP contribution in [0.2, 0.25) is 0 Å². The summed E-state index contributed by atoms with van der Waals surface area (Å²) in [5, 5.41) is 9.82. The third kappa shape index (κ3) is 3.82. The molecule has 8 heteroatoms. The molecule has 0 saturated heterocycles. The molecule has 0 saturated carbocycles. The first kappa shape index (κ1) is 15.4. The molecule has 3 rings (SSSR count). The quantitative estimate of drug-likeness (QED) is 0.772. The number of hydrogen-bond donors (Lipinski definition) is 2. The maximum Gasteiger partial charge on any atom is 0.345 e. The van der Waals surface area contributed by atoms with Gasteiger partial charge in [-0.2, -0.15) is 5.10 Å². The van der Waals surface area contributed by atoms with E-state index in [1.165, 1.54) is 4.68 Å². The second-order valence-corrected chi connectivity index (χ2v) is 5.57. The van der Waals surface area contributed by atoms with E-state index in [1.807, 2.05) is 0 Å². The van der Waals surface area contributed by atoms with Crippen molar-refractivity contribution in [2.45, 2.75) is 45.3 Å². The van der Waals surface area contributed by atoms with Crippen LogP contribution in [0.1, 0.15) is 30.8 Å². The number of furan rings is 1. The van der Waals surface area contributed by atoms with Gasteiger partial charge in [-0.1, -0.05) is 0 Å². The normalized spacial score (nSPS) is 13.6. The molecule has 124 valence electrons. The van der Waals surface area contributed by atoms with Crippen LogP contribution in [-0.4, -0.2) is 26.9 Å². The van der Waals surface area contributed by atoms with E-state index in [4.69, 9.17) is 4.42 Å². The summed E-state index contributed by atoms with van der Waals surface area (Å²) in [7, 11) is 0. The summed E-state index contributed by atoms with van der Waals surface area (Å²) in [5.74, 6) is 1.58. The molecule has 0 aliphatic carbocycles. The van der Waals surface area contributed by atoms with E-state index in [0.717, 1.165) is 31.6 Å². The predicted molar refractivity (Wildman–Crippen MR) is 83.0 cm³/mol. The number of amides is 2. The van der Waals surface area contributed by atoms with Crippen molar-refractivity contribution in [3.8, 4) is 0 Å². The van der Waals surface area contributed by atoms with E-state index in [1.54, 1.807) is 23.0 Å². The molecule has 1 aliphatic heterocycles. The Hall–Kier alpha value is -2.51. The largest absolute Gasteiger partial charge is 0.467 e. The van der Waals surface area contributed by atoms with E-state index in [9.17, 15) is 9.59 Å². The molecule has 2 amide bonds. The topological polar surface area (TPSA) is 94.1 Å². The van der Waals surface area contributed by atoms with Crippen LogP contribution in [0.5, 0.6) is 0 Å². The summed E-state index contributed by atoms with van der Waals surface area (Å²) in [5.41, 5.74) is -0.0398. The number of rotatable bonds is 6. The maximum atomic E-state index is 12.1. The lowest BCUT2D eigenvalue weighted by atomic mass is 10.2. The van der Waals surface area contributed by atoms with Gasteiger partial charge in [0.2, 0.25) is 0 Å². The van der Waals surface area contributed by atoms with Crippen molar-refractivity contribution in [3.05, 3.63) is 40.5 Å². The zero-order valence-corrected chi connectivity index (χ0v) is 13.0. The lowest BCUT2D eigenvalue weighted by molar-refractivity contribution is 0.239. The number of nitrogens with one attached hydrogen (secondary N) is 2. The molecule has 0 spiro atoms. The highest BCUT2D eigenvalue weighted by Gasteiger charge is 2.16. The molecule has 3 heterocycles. The first-order chi connectivity index (χ1) is 11.2. The van der Waals surface area contributed by atoms with Crippen molar-refractivity contribution in [1.29, 1.82) is 0 Å². The predicted octanol–water partition coefficient (Wildman–Crippen LogP) is 0.864. The molecule has 2 aromatic rings. The molecular weight excluding hydrogens is 298 g/mol. The fourth-order valence-electron chi connectivity index (χ4n) is 2.67. The fraction of sp³-hybridized carbons (Fsp3) is 0.533. The molecule has 23 heavy (non-hydrogen) atoms. The van der Waals surface area contributed by atoms with Crippen molar-refractivity contribution in [1.82, 2.24) is 25.0 Å². The van der Waals surface area contributed by atoms with Crippen LogP contribution >= 0.6 is 0 Å². The minimum Gasteiger partial charge on any atom is -0.467 e. The number of aromatic nitrogens is 3. The van der Waals surface area contributed by atoms with E-state index in [-0.39, 0.29) is 11.7 Å². The van der Waals surface area contributed by atoms with E-state index in [0.29, 0.717) is 31.8 Å². The number of aryl methyl sites for hydroxylation is 2. The standard InChI is InChI=1S/C15H21N5O3/c21-14(17-11-12-5-3-10-23-12)16-7-4-9-20-15(22)19-8-2-1-6-13(19)18-20/h3,5,10H,1-2,4,6-9,11H2,(H2,16,17,21). The third-order valence-corrected chi connectivity index (χ3v) is 3.87. The number of carbonyl (C=O) groups excluding carboxylic acids is 1. The van der Waals surface area contributed by atoms with Crippen molar-refractivity contribution < 1.29 is 9.21 Å². The number of urea groups is 1. The maximum absolute atomic E-state index is 12.1. The number of carbonyl (C=O) groups is 1. The molecule has 2 N–H and O–H groups in total. The molecule has 1 aliphatic rings. The van der Waals surface area contributed by atoms with Gasteiger partial charge in [-0.25, -0.2) is 14.3 Å². The zero-order valence-electron chi connectivity index (χ0n) is 13.0. The van der Waals surface area contributed by atoms with Crippen LogP contribution in [0.4, 0.5) is 4.79 Å². The molecule has 0 aromatic carbocycles. The summed E-state index contributed by atoms with van der Waals surface area (Å²) in [6.45, 7) is 2.11. The van der Waals surface area contributed by atoms with Crippen molar-refractivity contribution in [3.63, 3.8) is 0 Å². The molecule has 8 nitrogen and oxygen atoms in total. The zero-order chi connectivity index (χ0) is 16.1. The van der Waals surface area contributed by atoms with Crippen molar-refractivity contribution in [2.24, 2.45) is 0 Å². The number of hydrogen-bond acceptors (Lipinski definition) is 4. The van der Waals surface area contributed by atoms with E-state index in [2.05, 4.69) is 15.7 Å². The Morgan fingerprint density at radius 2 is 2.26 bits per heavy atom. The smallest absolute Gasteiger partial charge is 0.345 e. The van der Waals surface area contributed by atoms with Gasteiger partial charge in [-0.3, -0.25) is 4.57 Å². The van der Waals surface area contributed by atoms with Crippen LogP contribution in [0.15, 0.2) is 27.6 Å². The summed E-state index contributed by atoms with van der Waals surface area (Å²) in [6.07, 6.45) is 5.22. The fourth-order valence-corrected chi connectivity index (χ4v) is 2.67. The second kappa shape index (κ2) is 7.17. The Morgan fingerprint density at radius 3 is 3.04 bits per heavy atom. The van der Waals surface area contributed by atoms with Crippen LogP contribution < -0.4 is 16.3 Å². The second-order valence-electron chi connectivity index (χ2n) is 5.57. The number of fused-ring (bicyclic) bond motifs is 1. The molecule has 0 fully saturated rings. The van der Waals surface area contributed by atoms with Crippen LogP contribution in [0, 0.1) is 0 Å². The lowest BCUT2D eigenvalue weighted by Gasteiger charge is -2.09. The van der Waals surface area contributed by atoms with Gasteiger partial charge in [-0.15, -0.1) is 0 Å². The van der Waals surface area contributed by atoms with Crippen LogP contribution in [-0.2, 0) is 26.1 Å². The minimum atomic E-state index is -0.252. The average molecular weight is 319 g/mol. The Labute approximate surface area is 133 Å². The molecule has 2 aromatic heterocycles. The van der Waals surface area contributed by atoms with Gasteiger partial charge >= 0.3 is 11.7 Å². The Kier molecular flexibility index (Phi) is 4.80. The molecular formula is C15H21N5O3. The third-order valence-electron chi connectivity index (χ3n) is 3.87. The van der Waals surface area contributed by atoms with Gasteiger partial charge in [0, 0.05) is 26.1 Å². The molecule has 0 bridgehead atoms. The van der Waals surface area contributed by atoms with Gasteiger partial charge in [-0.05, 0) is 31.4 Å². The highest BCUT2D eigenvalue weighted by molar-refractivity contribution is 5.73. The lowest BCUT2D eigenvalue weighted by Crippen LogP contribution is -2.36. The molecule has 0 radical (unpaired) electrons. The van der Waals surface area contributed by atoms with E-state index < -0.39 is 0 Å². The van der Waals surface area contributed by atoms with E-state index >= 15 is 0 Å². The van der Waals surface area contributed by atoms with Crippen LogP contribution in [0.3, 0.4) is 0 Å². The van der Waals surface area contributed by atoms with Gasteiger partial charge < -0.3 is 15.1 Å². The minimum absolute atomic E-state index is 0.0398. The van der Waals surface area contributed by atoms with Gasteiger partial charge in [0.25, 0.3) is 0 Å². The van der Waals surface area contributed by atoms with Crippen molar-refractivity contribution >= 4 is 6.03 Å². The SMILES string of the molecule is O=C(NCCCn1nc2n(c1=O)CCCC2)NCc1ccco1. The van der Waals surface area contributed by atoms with Gasteiger partial charge in [0.1, 0.15) is 11.6 Å². The summed E-state index contributed by atoms with van der Waals surface area (Å²) in [4.78, 5) is 23.8. The van der Waals surface area contributed by atoms with Gasteiger partial charge in [0.15, 0.2) is 0 Å². The van der Waals surface area contributed by atoms with Crippen LogP contribution in [0.25, 0.3) is 0 Å².